The van der Waals surface area contributed by atoms with Gasteiger partial charge >= 0.3 is 0 Å². The highest BCUT2D eigenvalue weighted by molar-refractivity contribution is 6.32. The van der Waals surface area contributed by atoms with Gasteiger partial charge in [0, 0.05) is 5.02 Å². The van der Waals surface area contributed by atoms with Crippen LogP contribution >= 0.6 is 23.2 Å². The van der Waals surface area contributed by atoms with E-state index in [1.54, 1.807) is 0 Å². The van der Waals surface area contributed by atoms with Crippen molar-refractivity contribution in [1.82, 2.24) is 0 Å². The Morgan fingerprint density at radius 1 is 1.00 bits per heavy atom. The van der Waals surface area contributed by atoms with Crippen LogP contribution in [-0.2, 0) is 13.0 Å². The number of halogens is 2. The van der Waals surface area contributed by atoms with Crippen LogP contribution in [0.3, 0.4) is 0 Å². The van der Waals surface area contributed by atoms with E-state index in [1.807, 2.05) is 43.3 Å². The molecule has 0 spiro atoms. The Hall–Kier alpha value is -1.42. The summed E-state index contributed by atoms with van der Waals surface area (Å²) >= 11 is 12.2. The van der Waals surface area contributed by atoms with Crippen molar-refractivity contribution in [2.75, 3.05) is 13.2 Å². The molecule has 0 fully saturated rings. The van der Waals surface area contributed by atoms with E-state index in [0.717, 1.165) is 17.5 Å². The summed E-state index contributed by atoms with van der Waals surface area (Å²) in [7, 11) is 0. The lowest BCUT2D eigenvalue weighted by Gasteiger charge is -2.15. The van der Waals surface area contributed by atoms with Gasteiger partial charge < -0.3 is 15.2 Å². The van der Waals surface area contributed by atoms with Gasteiger partial charge in [0.1, 0.15) is 6.61 Å². The van der Waals surface area contributed by atoms with Gasteiger partial charge in [-0.05, 0) is 55.3 Å². The van der Waals surface area contributed by atoms with Crippen LogP contribution in [-0.4, -0.2) is 13.2 Å². The molecule has 2 aromatic carbocycles. The topological polar surface area (TPSA) is 44.5 Å². The molecule has 2 aromatic rings. The molecule has 3 nitrogen and oxygen atoms in total. The minimum absolute atomic E-state index is 0.396. The molecule has 0 aliphatic carbocycles. The average molecular weight is 340 g/mol. The number of hydrogen-bond donors (Lipinski definition) is 1. The molecule has 5 heteroatoms. The molecule has 0 bridgehead atoms. The summed E-state index contributed by atoms with van der Waals surface area (Å²) < 4.78 is 11.5. The van der Waals surface area contributed by atoms with E-state index in [0.29, 0.717) is 41.3 Å². The summed E-state index contributed by atoms with van der Waals surface area (Å²) in [6, 6.07) is 11.3. The van der Waals surface area contributed by atoms with Gasteiger partial charge in [-0.3, -0.25) is 0 Å². The minimum Gasteiger partial charge on any atom is -0.490 e. The summed E-state index contributed by atoms with van der Waals surface area (Å²) in [6.45, 7) is 3.42. The molecule has 0 unspecified atom stereocenters. The first-order valence-electron chi connectivity index (χ1n) is 7.16. The van der Waals surface area contributed by atoms with Gasteiger partial charge in [0.2, 0.25) is 0 Å². The maximum absolute atomic E-state index is 6.33. The third kappa shape index (κ3) is 4.54. The van der Waals surface area contributed by atoms with Crippen molar-refractivity contribution >= 4 is 23.2 Å². The SMILES string of the molecule is CCOc1cc(CCN)cc(Cl)c1OCc1ccc(Cl)cc1. The first kappa shape index (κ1) is 16.9. The highest BCUT2D eigenvalue weighted by Crippen LogP contribution is 2.37. The molecule has 0 amide bonds. The van der Waals surface area contributed by atoms with E-state index < -0.39 is 0 Å². The molecular formula is C17H19Cl2NO2. The van der Waals surface area contributed by atoms with Gasteiger partial charge in [-0.2, -0.15) is 0 Å². The molecule has 0 saturated carbocycles. The van der Waals surface area contributed by atoms with Crippen LogP contribution in [0, 0.1) is 0 Å². The lowest BCUT2D eigenvalue weighted by Crippen LogP contribution is -2.05. The van der Waals surface area contributed by atoms with Crippen LogP contribution < -0.4 is 15.2 Å². The smallest absolute Gasteiger partial charge is 0.180 e. The Morgan fingerprint density at radius 3 is 2.36 bits per heavy atom. The number of nitrogens with two attached hydrogens (primary N) is 1. The second kappa shape index (κ2) is 8.28. The molecule has 0 aliphatic rings. The van der Waals surface area contributed by atoms with Crippen molar-refractivity contribution in [1.29, 1.82) is 0 Å². The lowest BCUT2D eigenvalue weighted by atomic mass is 10.1. The maximum atomic E-state index is 6.33. The van der Waals surface area contributed by atoms with Crippen LogP contribution in [0.2, 0.25) is 10.0 Å². The van der Waals surface area contributed by atoms with E-state index in [4.69, 9.17) is 38.4 Å². The molecule has 118 valence electrons. The number of ether oxygens (including phenoxy) is 2. The van der Waals surface area contributed by atoms with E-state index in [2.05, 4.69) is 0 Å². The zero-order chi connectivity index (χ0) is 15.9. The van der Waals surface area contributed by atoms with Gasteiger partial charge in [-0.25, -0.2) is 0 Å². The van der Waals surface area contributed by atoms with Crippen molar-refractivity contribution in [2.45, 2.75) is 20.0 Å². The van der Waals surface area contributed by atoms with Crippen LogP contribution in [0.15, 0.2) is 36.4 Å². The minimum atomic E-state index is 0.396. The maximum Gasteiger partial charge on any atom is 0.180 e. The van der Waals surface area contributed by atoms with Gasteiger partial charge in [-0.15, -0.1) is 0 Å². The van der Waals surface area contributed by atoms with Crippen LogP contribution in [0.5, 0.6) is 11.5 Å². The normalized spacial score (nSPS) is 10.5. The fraction of sp³-hybridized carbons (Fsp3) is 0.294. The van der Waals surface area contributed by atoms with E-state index in [1.165, 1.54) is 0 Å². The summed E-state index contributed by atoms with van der Waals surface area (Å²) in [5.74, 6) is 1.20. The Kier molecular flexibility index (Phi) is 6.37. The Morgan fingerprint density at radius 2 is 1.73 bits per heavy atom. The van der Waals surface area contributed by atoms with Crippen LogP contribution in [0.25, 0.3) is 0 Å². The number of benzene rings is 2. The third-order valence-electron chi connectivity index (χ3n) is 3.10. The molecule has 0 atom stereocenters. The van der Waals surface area contributed by atoms with E-state index in [-0.39, 0.29) is 0 Å². The van der Waals surface area contributed by atoms with Crippen molar-refractivity contribution < 1.29 is 9.47 Å². The largest absolute Gasteiger partial charge is 0.490 e. The van der Waals surface area contributed by atoms with Gasteiger partial charge in [0.05, 0.1) is 11.6 Å². The first-order valence-corrected chi connectivity index (χ1v) is 7.92. The highest BCUT2D eigenvalue weighted by atomic mass is 35.5. The predicted molar refractivity (Wildman–Crippen MR) is 91.2 cm³/mol. The monoisotopic (exact) mass is 339 g/mol. The lowest BCUT2D eigenvalue weighted by molar-refractivity contribution is 0.269. The van der Waals surface area contributed by atoms with Crippen molar-refractivity contribution in [3.63, 3.8) is 0 Å². The molecular weight excluding hydrogens is 321 g/mol. The molecule has 2 N–H and O–H groups in total. The van der Waals surface area contributed by atoms with E-state index in [9.17, 15) is 0 Å². The van der Waals surface area contributed by atoms with Crippen LogP contribution in [0.1, 0.15) is 18.1 Å². The van der Waals surface area contributed by atoms with Gasteiger partial charge in [0.15, 0.2) is 11.5 Å². The Labute approximate surface area is 140 Å². The van der Waals surface area contributed by atoms with Crippen LogP contribution in [0.4, 0.5) is 0 Å². The summed E-state index contributed by atoms with van der Waals surface area (Å²) in [4.78, 5) is 0. The second-order valence-electron chi connectivity index (χ2n) is 4.79. The summed E-state index contributed by atoms with van der Waals surface area (Å²) in [5.41, 5.74) is 7.64. The second-order valence-corrected chi connectivity index (χ2v) is 5.64. The fourth-order valence-corrected chi connectivity index (χ4v) is 2.49. The molecule has 0 aliphatic heterocycles. The quantitative estimate of drug-likeness (QED) is 0.809. The zero-order valence-electron chi connectivity index (χ0n) is 12.4. The standard InChI is InChI=1S/C17H19Cl2NO2/c1-2-21-16-10-13(7-8-20)9-15(19)17(16)22-11-12-3-5-14(18)6-4-12/h3-6,9-10H,2,7-8,11,20H2,1H3. The predicted octanol–water partition coefficient (Wildman–Crippen LogP) is 4.47. The van der Waals surface area contributed by atoms with Crippen molar-refractivity contribution in [3.8, 4) is 11.5 Å². The molecule has 22 heavy (non-hydrogen) atoms. The Bertz CT molecular complexity index is 615. The molecule has 0 heterocycles. The molecule has 2 rings (SSSR count). The van der Waals surface area contributed by atoms with Gasteiger partial charge in [0.25, 0.3) is 0 Å². The molecule has 0 saturated heterocycles. The fourth-order valence-electron chi connectivity index (χ4n) is 2.07. The number of hydrogen-bond acceptors (Lipinski definition) is 3. The van der Waals surface area contributed by atoms with Gasteiger partial charge in [-0.1, -0.05) is 35.3 Å². The number of rotatable bonds is 7. The summed E-state index contributed by atoms with van der Waals surface area (Å²) in [5, 5.41) is 1.23. The Balaban J connectivity index is 2.19. The average Bonchev–Trinajstić information content (AvgIpc) is 2.49. The zero-order valence-corrected chi connectivity index (χ0v) is 14.0. The summed E-state index contributed by atoms with van der Waals surface area (Å²) in [6.07, 6.45) is 0.747. The highest BCUT2D eigenvalue weighted by Gasteiger charge is 2.12. The van der Waals surface area contributed by atoms with Crippen molar-refractivity contribution in [2.24, 2.45) is 5.73 Å². The van der Waals surface area contributed by atoms with E-state index >= 15 is 0 Å². The third-order valence-corrected chi connectivity index (χ3v) is 3.63. The molecule has 0 aromatic heterocycles. The van der Waals surface area contributed by atoms with Crippen molar-refractivity contribution in [3.05, 3.63) is 57.6 Å². The first-order chi connectivity index (χ1) is 10.6. The molecule has 0 radical (unpaired) electrons.